The van der Waals surface area contributed by atoms with Crippen molar-refractivity contribution in [2.75, 3.05) is 0 Å². The maximum atomic E-state index is 13.3. The normalized spacial score (nSPS) is 24.9. The summed E-state index contributed by atoms with van der Waals surface area (Å²) in [5.41, 5.74) is 6.00. The van der Waals surface area contributed by atoms with E-state index in [2.05, 4.69) is 0 Å². The molecule has 4 heteroatoms. The van der Waals surface area contributed by atoms with E-state index in [9.17, 15) is 8.78 Å². The highest BCUT2D eigenvalue weighted by Crippen LogP contribution is 2.22. The third kappa shape index (κ3) is 2.57. The van der Waals surface area contributed by atoms with Crippen LogP contribution in [0.15, 0.2) is 18.2 Å². The van der Waals surface area contributed by atoms with Gasteiger partial charge >= 0.3 is 0 Å². The Morgan fingerprint density at radius 3 is 2.81 bits per heavy atom. The Labute approximate surface area is 93.4 Å². The lowest BCUT2D eigenvalue weighted by molar-refractivity contribution is 0.0430. The number of ether oxygens (including phenoxy) is 1. The predicted molar refractivity (Wildman–Crippen MR) is 56.8 cm³/mol. The molecule has 2 unspecified atom stereocenters. The number of rotatable bonds is 3. The van der Waals surface area contributed by atoms with E-state index in [1.54, 1.807) is 0 Å². The Morgan fingerprint density at radius 2 is 2.12 bits per heavy atom. The average Bonchev–Trinajstić information content (AvgIpc) is 2.67. The second-order valence-corrected chi connectivity index (χ2v) is 4.22. The standard InChI is InChI=1S/C12H15F2NO/c13-11-3-1-2-8(12(11)14)7-16-10-5-4-9(15)6-10/h1-3,9-10H,4-7,15H2. The molecule has 1 aromatic carbocycles. The molecule has 1 fully saturated rings. The minimum absolute atomic E-state index is 0.0812. The highest BCUT2D eigenvalue weighted by molar-refractivity contribution is 5.18. The molecular weight excluding hydrogens is 212 g/mol. The van der Waals surface area contributed by atoms with Crippen molar-refractivity contribution < 1.29 is 13.5 Å². The molecule has 0 aromatic heterocycles. The molecule has 0 bridgehead atoms. The lowest BCUT2D eigenvalue weighted by Gasteiger charge is -2.12. The summed E-state index contributed by atoms with van der Waals surface area (Å²) >= 11 is 0. The van der Waals surface area contributed by atoms with Gasteiger partial charge in [0.2, 0.25) is 0 Å². The fourth-order valence-electron chi connectivity index (χ4n) is 1.99. The molecule has 0 heterocycles. The van der Waals surface area contributed by atoms with Crippen LogP contribution in [0.2, 0.25) is 0 Å². The van der Waals surface area contributed by atoms with Crippen LogP contribution < -0.4 is 5.73 Å². The Bertz CT molecular complexity index is 370. The van der Waals surface area contributed by atoms with E-state index in [0.717, 1.165) is 25.3 Å². The molecule has 1 aliphatic carbocycles. The van der Waals surface area contributed by atoms with Crippen LogP contribution in [0.5, 0.6) is 0 Å². The average molecular weight is 227 g/mol. The molecule has 2 rings (SSSR count). The zero-order chi connectivity index (χ0) is 11.5. The van der Waals surface area contributed by atoms with Crippen LogP contribution in [-0.2, 0) is 11.3 Å². The second kappa shape index (κ2) is 4.89. The minimum atomic E-state index is -0.829. The van der Waals surface area contributed by atoms with Gasteiger partial charge in [-0.05, 0) is 25.3 Å². The van der Waals surface area contributed by atoms with Gasteiger partial charge in [-0.1, -0.05) is 12.1 Å². The Kier molecular flexibility index (Phi) is 3.51. The summed E-state index contributed by atoms with van der Waals surface area (Å²) < 4.78 is 31.7. The zero-order valence-corrected chi connectivity index (χ0v) is 8.96. The van der Waals surface area contributed by atoms with E-state index in [-0.39, 0.29) is 24.3 Å². The number of nitrogens with two attached hydrogens (primary N) is 1. The van der Waals surface area contributed by atoms with Gasteiger partial charge in [0.1, 0.15) is 0 Å². The van der Waals surface area contributed by atoms with E-state index in [1.165, 1.54) is 12.1 Å². The van der Waals surface area contributed by atoms with Crippen LogP contribution in [0.25, 0.3) is 0 Å². The van der Waals surface area contributed by atoms with Crippen LogP contribution in [-0.4, -0.2) is 12.1 Å². The van der Waals surface area contributed by atoms with Gasteiger partial charge in [-0.3, -0.25) is 0 Å². The van der Waals surface area contributed by atoms with Crippen LogP contribution in [0.4, 0.5) is 8.78 Å². The number of hydrogen-bond donors (Lipinski definition) is 1. The van der Waals surface area contributed by atoms with Crippen molar-refractivity contribution >= 4 is 0 Å². The SMILES string of the molecule is NC1CCC(OCc2cccc(F)c2F)C1. The maximum Gasteiger partial charge on any atom is 0.164 e. The van der Waals surface area contributed by atoms with Gasteiger partial charge in [-0.15, -0.1) is 0 Å². The summed E-state index contributed by atoms with van der Waals surface area (Å²) in [6.07, 6.45) is 2.73. The van der Waals surface area contributed by atoms with Crippen molar-refractivity contribution in [3.05, 3.63) is 35.4 Å². The monoisotopic (exact) mass is 227 g/mol. The molecule has 0 amide bonds. The largest absolute Gasteiger partial charge is 0.373 e. The highest BCUT2D eigenvalue weighted by atomic mass is 19.2. The fourth-order valence-corrected chi connectivity index (χ4v) is 1.99. The molecule has 88 valence electrons. The number of hydrogen-bond acceptors (Lipinski definition) is 2. The van der Waals surface area contributed by atoms with Gasteiger partial charge in [-0.25, -0.2) is 8.78 Å². The quantitative estimate of drug-likeness (QED) is 0.860. The summed E-state index contributed by atoms with van der Waals surface area (Å²) in [4.78, 5) is 0. The highest BCUT2D eigenvalue weighted by Gasteiger charge is 2.22. The summed E-state index contributed by atoms with van der Waals surface area (Å²) in [6.45, 7) is 0.112. The van der Waals surface area contributed by atoms with Gasteiger partial charge in [0.25, 0.3) is 0 Å². The molecule has 1 aromatic rings. The first-order valence-corrected chi connectivity index (χ1v) is 5.47. The Hall–Kier alpha value is -1.00. The summed E-state index contributed by atoms with van der Waals surface area (Å²) in [6, 6.07) is 4.30. The molecule has 0 aliphatic heterocycles. The molecular formula is C12H15F2NO. The van der Waals surface area contributed by atoms with Gasteiger partial charge in [0, 0.05) is 11.6 Å². The van der Waals surface area contributed by atoms with Crippen molar-refractivity contribution in [2.24, 2.45) is 5.73 Å². The first-order valence-electron chi connectivity index (χ1n) is 5.47. The van der Waals surface area contributed by atoms with E-state index in [4.69, 9.17) is 10.5 Å². The van der Waals surface area contributed by atoms with Gasteiger partial charge < -0.3 is 10.5 Å². The van der Waals surface area contributed by atoms with E-state index in [0.29, 0.717) is 0 Å². The second-order valence-electron chi connectivity index (χ2n) is 4.22. The smallest absolute Gasteiger partial charge is 0.164 e. The number of halogens is 2. The van der Waals surface area contributed by atoms with E-state index >= 15 is 0 Å². The summed E-state index contributed by atoms with van der Waals surface area (Å²) in [5, 5.41) is 0. The minimum Gasteiger partial charge on any atom is -0.373 e. The molecule has 16 heavy (non-hydrogen) atoms. The van der Waals surface area contributed by atoms with Crippen molar-refractivity contribution in [3.63, 3.8) is 0 Å². The first-order chi connectivity index (χ1) is 7.66. The third-order valence-corrected chi connectivity index (χ3v) is 2.93. The van der Waals surface area contributed by atoms with Crippen LogP contribution in [0, 0.1) is 11.6 Å². The van der Waals surface area contributed by atoms with Crippen LogP contribution in [0.3, 0.4) is 0 Å². The lowest BCUT2D eigenvalue weighted by atomic mass is 10.2. The Balaban J connectivity index is 1.92. The van der Waals surface area contributed by atoms with Crippen molar-refractivity contribution in [2.45, 2.75) is 38.0 Å². The lowest BCUT2D eigenvalue weighted by Crippen LogP contribution is -2.17. The van der Waals surface area contributed by atoms with Crippen LogP contribution >= 0.6 is 0 Å². The number of benzene rings is 1. The van der Waals surface area contributed by atoms with Crippen molar-refractivity contribution in [3.8, 4) is 0 Å². The zero-order valence-electron chi connectivity index (χ0n) is 8.96. The maximum absolute atomic E-state index is 13.3. The molecule has 0 radical (unpaired) electrons. The predicted octanol–water partition coefficient (Wildman–Crippen LogP) is 2.36. The molecule has 1 saturated carbocycles. The van der Waals surface area contributed by atoms with Crippen molar-refractivity contribution in [1.82, 2.24) is 0 Å². The van der Waals surface area contributed by atoms with Gasteiger partial charge in [-0.2, -0.15) is 0 Å². The summed E-state index contributed by atoms with van der Waals surface area (Å²) in [7, 11) is 0. The van der Waals surface area contributed by atoms with E-state index in [1.807, 2.05) is 0 Å². The van der Waals surface area contributed by atoms with E-state index < -0.39 is 11.6 Å². The third-order valence-electron chi connectivity index (χ3n) is 2.93. The van der Waals surface area contributed by atoms with Crippen molar-refractivity contribution in [1.29, 1.82) is 0 Å². The molecule has 2 N–H and O–H groups in total. The Morgan fingerprint density at radius 1 is 1.31 bits per heavy atom. The summed E-state index contributed by atoms with van der Waals surface area (Å²) in [5.74, 6) is -1.64. The fraction of sp³-hybridized carbons (Fsp3) is 0.500. The molecule has 0 spiro atoms. The topological polar surface area (TPSA) is 35.2 Å². The van der Waals surface area contributed by atoms with Gasteiger partial charge in [0.15, 0.2) is 11.6 Å². The molecule has 2 nitrogen and oxygen atoms in total. The molecule has 2 atom stereocenters. The molecule has 0 saturated heterocycles. The van der Waals surface area contributed by atoms with Crippen LogP contribution in [0.1, 0.15) is 24.8 Å². The molecule has 1 aliphatic rings. The van der Waals surface area contributed by atoms with Gasteiger partial charge in [0.05, 0.1) is 12.7 Å². The first kappa shape index (κ1) is 11.5.